The maximum absolute atomic E-state index is 6.19. The SMILES string of the molecule is Cc1ccn2c(N)c(-c3ccc4c(c3)OCO4)nc2c1.Cl. The Morgan fingerprint density at radius 1 is 1.14 bits per heavy atom. The summed E-state index contributed by atoms with van der Waals surface area (Å²) in [5.74, 6) is 2.11. The summed E-state index contributed by atoms with van der Waals surface area (Å²) in [5.41, 5.74) is 9.87. The van der Waals surface area contributed by atoms with Crippen LogP contribution in [0.2, 0.25) is 0 Å². The number of nitrogens with zero attached hydrogens (tertiary/aromatic N) is 2. The van der Waals surface area contributed by atoms with Crippen LogP contribution in [0.4, 0.5) is 5.82 Å². The first-order valence-electron chi connectivity index (χ1n) is 6.36. The van der Waals surface area contributed by atoms with Crippen LogP contribution in [0.15, 0.2) is 36.5 Å². The smallest absolute Gasteiger partial charge is 0.231 e. The van der Waals surface area contributed by atoms with Gasteiger partial charge in [-0.1, -0.05) is 0 Å². The lowest BCUT2D eigenvalue weighted by atomic mass is 10.1. The number of halogens is 1. The van der Waals surface area contributed by atoms with Crippen LogP contribution in [0, 0.1) is 6.92 Å². The highest BCUT2D eigenvalue weighted by Crippen LogP contribution is 2.37. The van der Waals surface area contributed by atoms with E-state index >= 15 is 0 Å². The summed E-state index contributed by atoms with van der Waals surface area (Å²) in [6, 6.07) is 9.75. The van der Waals surface area contributed by atoms with Crippen molar-refractivity contribution < 1.29 is 9.47 Å². The molecule has 1 aliphatic rings. The summed E-state index contributed by atoms with van der Waals surface area (Å²) in [6.45, 7) is 2.30. The molecule has 3 heterocycles. The van der Waals surface area contributed by atoms with Crippen molar-refractivity contribution in [2.45, 2.75) is 6.92 Å². The van der Waals surface area contributed by atoms with Gasteiger partial charge in [-0.05, 0) is 42.8 Å². The van der Waals surface area contributed by atoms with Gasteiger partial charge < -0.3 is 15.2 Å². The van der Waals surface area contributed by atoms with Crippen LogP contribution in [0.5, 0.6) is 11.5 Å². The van der Waals surface area contributed by atoms with Crippen molar-refractivity contribution in [1.82, 2.24) is 9.38 Å². The molecule has 6 heteroatoms. The van der Waals surface area contributed by atoms with Gasteiger partial charge in [-0.2, -0.15) is 0 Å². The van der Waals surface area contributed by atoms with Crippen molar-refractivity contribution in [3.63, 3.8) is 0 Å². The quantitative estimate of drug-likeness (QED) is 0.750. The fraction of sp³-hybridized carbons (Fsp3) is 0.133. The number of hydrogen-bond donors (Lipinski definition) is 1. The molecule has 21 heavy (non-hydrogen) atoms. The molecule has 2 aromatic heterocycles. The van der Waals surface area contributed by atoms with Gasteiger partial charge >= 0.3 is 0 Å². The van der Waals surface area contributed by atoms with Gasteiger partial charge in [0, 0.05) is 11.8 Å². The van der Waals surface area contributed by atoms with E-state index in [4.69, 9.17) is 15.2 Å². The zero-order valence-corrected chi connectivity index (χ0v) is 12.2. The van der Waals surface area contributed by atoms with E-state index in [0.717, 1.165) is 34.0 Å². The Hall–Kier alpha value is -2.40. The number of benzene rings is 1. The number of pyridine rings is 1. The number of hydrogen-bond acceptors (Lipinski definition) is 4. The molecule has 0 radical (unpaired) electrons. The van der Waals surface area contributed by atoms with Crippen molar-refractivity contribution in [3.8, 4) is 22.8 Å². The van der Waals surface area contributed by atoms with E-state index < -0.39 is 0 Å². The second-order valence-electron chi connectivity index (χ2n) is 4.85. The van der Waals surface area contributed by atoms with Gasteiger partial charge in [0.15, 0.2) is 11.5 Å². The minimum atomic E-state index is 0. The molecular weight excluding hydrogens is 290 g/mol. The molecular formula is C15H14ClN3O2. The molecule has 108 valence electrons. The normalized spacial score (nSPS) is 12.4. The predicted octanol–water partition coefficient (Wildman–Crippen LogP) is 3.04. The van der Waals surface area contributed by atoms with E-state index in [2.05, 4.69) is 4.98 Å². The van der Waals surface area contributed by atoms with Gasteiger partial charge in [0.25, 0.3) is 0 Å². The summed E-state index contributed by atoms with van der Waals surface area (Å²) in [5, 5.41) is 0. The Morgan fingerprint density at radius 2 is 1.95 bits per heavy atom. The Balaban J connectivity index is 0.00000132. The molecule has 5 nitrogen and oxygen atoms in total. The number of rotatable bonds is 1. The monoisotopic (exact) mass is 303 g/mol. The average Bonchev–Trinajstić information content (AvgIpc) is 3.02. The van der Waals surface area contributed by atoms with Crippen molar-refractivity contribution >= 4 is 23.9 Å². The minimum Gasteiger partial charge on any atom is -0.454 e. The molecule has 0 bridgehead atoms. The van der Waals surface area contributed by atoms with Crippen LogP contribution in [0.25, 0.3) is 16.9 Å². The number of imidazole rings is 1. The summed E-state index contributed by atoms with van der Waals surface area (Å²) >= 11 is 0. The number of nitrogen functional groups attached to an aromatic ring is 1. The lowest BCUT2D eigenvalue weighted by Crippen LogP contribution is -1.94. The molecule has 0 spiro atoms. The van der Waals surface area contributed by atoms with Gasteiger partial charge in [-0.25, -0.2) is 4.98 Å². The number of nitrogens with two attached hydrogens (primary N) is 1. The van der Waals surface area contributed by atoms with Crippen LogP contribution in [-0.4, -0.2) is 16.2 Å². The zero-order valence-electron chi connectivity index (χ0n) is 11.4. The van der Waals surface area contributed by atoms with Crippen molar-refractivity contribution in [2.24, 2.45) is 0 Å². The average molecular weight is 304 g/mol. The number of anilines is 1. The highest BCUT2D eigenvalue weighted by atomic mass is 35.5. The van der Waals surface area contributed by atoms with Gasteiger partial charge in [-0.15, -0.1) is 12.4 Å². The van der Waals surface area contributed by atoms with Gasteiger partial charge in [0.2, 0.25) is 6.79 Å². The highest BCUT2D eigenvalue weighted by molar-refractivity contribution is 5.85. The molecule has 0 saturated heterocycles. The Morgan fingerprint density at radius 3 is 2.81 bits per heavy atom. The first-order chi connectivity index (χ1) is 9.72. The van der Waals surface area contributed by atoms with Gasteiger partial charge in [0.1, 0.15) is 17.2 Å². The molecule has 1 aromatic carbocycles. The summed E-state index contributed by atoms with van der Waals surface area (Å²) < 4.78 is 12.6. The third-order valence-electron chi connectivity index (χ3n) is 3.46. The second-order valence-corrected chi connectivity index (χ2v) is 4.85. The maximum Gasteiger partial charge on any atom is 0.231 e. The van der Waals surface area contributed by atoms with Crippen molar-refractivity contribution in [3.05, 3.63) is 42.1 Å². The maximum atomic E-state index is 6.19. The van der Waals surface area contributed by atoms with E-state index in [-0.39, 0.29) is 19.2 Å². The molecule has 0 unspecified atom stereocenters. The highest BCUT2D eigenvalue weighted by Gasteiger charge is 2.17. The fourth-order valence-electron chi connectivity index (χ4n) is 2.42. The molecule has 0 atom stereocenters. The number of aryl methyl sites for hydroxylation is 1. The fourth-order valence-corrected chi connectivity index (χ4v) is 2.42. The van der Waals surface area contributed by atoms with Crippen LogP contribution >= 0.6 is 12.4 Å². The van der Waals surface area contributed by atoms with Crippen LogP contribution in [0.3, 0.4) is 0 Å². The molecule has 1 aliphatic heterocycles. The standard InChI is InChI=1S/C15H13N3O2.ClH/c1-9-4-5-18-13(6-9)17-14(15(18)16)10-2-3-11-12(7-10)20-8-19-11;/h2-7H,8,16H2,1H3;1H. The molecule has 2 N–H and O–H groups in total. The van der Waals surface area contributed by atoms with E-state index in [0.29, 0.717) is 5.82 Å². The summed E-state index contributed by atoms with van der Waals surface area (Å²) in [4.78, 5) is 4.61. The van der Waals surface area contributed by atoms with E-state index in [9.17, 15) is 0 Å². The third kappa shape index (κ3) is 2.06. The van der Waals surface area contributed by atoms with Crippen LogP contribution in [-0.2, 0) is 0 Å². The zero-order chi connectivity index (χ0) is 13.7. The largest absolute Gasteiger partial charge is 0.454 e. The topological polar surface area (TPSA) is 61.8 Å². The number of fused-ring (bicyclic) bond motifs is 2. The first-order valence-corrected chi connectivity index (χ1v) is 6.36. The van der Waals surface area contributed by atoms with Crippen LogP contribution in [0.1, 0.15) is 5.56 Å². The van der Waals surface area contributed by atoms with E-state index in [1.807, 2.05) is 47.9 Å². The number of ether oxygens (including phenoxy) is 2. The molecule has 0 aliphatic carbocycles. The van der Waals surface area contributed by atoms with Gasteiger partial charge in [0.05, 0.1) is 0 Å². The lowest BCUT2D eigenvalue weighted by molar-refractivity contribution is 0.174. The molecule has 4 rings (SSSR count). The Bertz CT molecular complexity index is 829. The molecule has 0 saturated carbocycles. The minimum absolute atomic E-state index is 0. The number of aromatic nitrogens is 2. The Kier molecular flexibility index (Phi) is 3.14. The second kappa shape index (κ2) is 4.86. The van der Waals surface area contributed by atoms with E-state index in [1.54, 1.807) is 0 Å². The third-order valence-corrected chi connectivity index (χ3v) is 3.46. The molecule has 0 fully saturated rings. The van der Waals surface area contributed by atoms with Crippen molar-refractivity contribution in [2.75, 3.05) is 12.5 Å². The lowest BCUT2D eigenvalue weighted by Gasteiger charge is -2.01. The van der Waals surface area contributed by atoms with Gasteiger partial charge in [-0.3, -0.25) is 4.40 Å². The van der Waals surface area contributed by atoms with E-state index in [1.165, 1.54) is 0 Å². The molecule has 0 amide bonds. The predicted molar refractivity (Wildman–Crippen MR) is 83.1 cm³/mol. The first kappa shape index (κ1) is 13.6. The van der Waals surface area contributed by atoms with Crippen LogP contribution < -0.4 is 15.2 Å². The summed E-state index contributed by atoms with van der Waals surface area (Å²) in [7, 11) is 0. The Labute approximate surface area is 127 Å². The van der Waals surface area contributed by atoms with Crippen molar-refractivity contribution in [1.29, 1.82) is 0 Å². The molecule has 3 aromatic rings. The summed E-state index contributed by atoms with van der Waals surface area (Å²) in [6.07, 6.45) is 1.93.